The van der Waals surface area contributed by atoms with Crippen LogP contribution in [0.4, 0.5) is 0 Å². The molecular formula is C8H9N5O2. The van der Waals surface area contributed by atoms with Crippen molar-refractivity contribution in [3.8, 4) is 0 Å². The Morgan fingerprint density at radius 3 is 2.20 bits per heavy atom. The van der Waals surface area contributed by atoms with Gasteiger partial charge in [-0.2, -0.15) is 5.10 Å². The summed E-state index contributed by atoms with van der Waals surface area (Å²) < 4.78 is 1.20. The Labute approximate surface area is 85.4 Å². The molecule has 0 saturated carbocycles. The van der Waals surface area contributed by atoms with Crippen LogP contribution in [0, 0.1) is 0 Å². The van der Waals surface area contributed by atoms with E-state index in [1.165, 1.54) is 24.4 Å². The quantitative estimate of drug-likeness (QED) is 0.706. The van der Waals surface area contributed by atoms with Gasteiger partial charge in [0, 0.05) is 19.4 Å². The molecule has 1 N–H and O–H groups in total. The van der Waals surface area contributed by atoms with E-state index < -0.39 is 5.97 Å². The summed E-state index contributed by atoms with van der Waals surface area (Å²) in [6, 6.07) is 1.78. The van der Waals surface area contributed by atoms with E-state index in [1.807, 2.05) is 0 Å². The minimum absolute atomic E-state index is 0.0463. The normalized spacial score (nSPS) is 8.87. The minimum Gasteiger partial charge on any atom is -0.475 e. The van der Waals surface area contributed by atoms with E-state index in [1.54, 1.807) is 18.5 Å². The first kappa shape index (κ1) is 10.8. The maximum Gasteiger partial charge on any atom is 0.373 e. The van der Waals surface area contributed by atoms with Crippen LogP contribution in [0.3, 0.4) is 0 Å². The summed E-state index contributed by atoms with van der Waals surface area (Å²) in [4.78, 5) is 21.0. The maximum atomic E-state index is 10.2. The molecule has 0 radical (unpaired) electrons. The summed E-state index contributed by atoms with van der Waals surface area (Å²) in [5.74, 6) is -1.11. The summed E-state index contributed by atoms with van der Waals surface area (Å²) in [7, 11) is 1.52. The molecular weight excluding hydrogens is 198 g/mol. The molecule has 2 heterocycles. The Hall–Kier alpha value is -2.31. The molecule has 2 aromatic rings. The zero-order chi connectivity index (χ0) is 11.1. The van der Waals surface area contributed by atoms with E-state index in [4.69, 9.17) is 5.11 Å². The average molecular weight is 207 g/mol. The molecule has 2 rings (SSSR count). The fourth-order valence-electron chi connectivity index (χ4n) is 0.743. The molecule has 0 aliphatic heterocycles. The van der Waals surface area contributed by atoms with Crippen LogP contribution in [0.5, 0.6) is 0 Å². The van der Waals surface area contributed by atoms with Crippen molar-refractivity contribution in [3.05, 3.63) is 36.9 Å². The average Bonchev–Trinajstić information content (AvgIpc) is 2.68. The molecule has 2 aromatic heterocycles. The van der Waals surface area contributed by atoms with Crippen molar-refractivity contribution in [1.82, 2.24) is 24.7 Å². The lowest BCUT2D eigenvalue weighted by Gasteiger charge is -1.88. The predicted octanol–water partition coefficient (Wildman–Crippen LogP) is -0.0101. The van der Waals surface area contributed by atoms with E-state index in [0.29, 0.717) is 0 Å². The topological polar surface area (TPSA) is 93.8 Å². The van der Waals surface area contributed by atoms with Gasteiger partial charge in [-0.15, -0.1) is 0 Å². The van der Waals surface area contributed by atoms with Gasteiger partial charge in [-0.25, -0.2) is 24.4 Å². The van der Waals surface area contributed by atoms with Crippen LogP contribution in [0.1, 0.15) is 10.6 Å². The van der Waals surface area contributed by atoms with Gasteiger partial charge < -0.3 is 5.11 Å². The molecule has 0 fully saturated rings. The number of aromatic nitrogens is 5. The Bertz CT molecular complexity index is 387. The van der Waals surface area contributed by atoms with Crippen molar-refractivity contribution in [2.45, 2.75) is 0 Å². The summed E-state index contributed by atoms with van der Waals surface area (Å²) in [5, 5.41) is 11.9. The van der Waals surface area contributed by atoms with Gasteiger partial charge in [0.2, 0.25) is 5.82 Å². The number of carbonyl (C=O) groups is 1. The number of aryl methyl sites for hydroxylation is 1. The molecule has 0 aromatic carbocycles. The van der Waals surface area contributed by atoms with Gasteiger partial charge in [0.25, 0.3) is 0 Å². The molecule has 0 atom stereocenters. The van der Waals surface area contributed by atoms with Crippen LogP contribution in [0.25, 0.3) is 0 Å². The number of carboxylic acids is 1. The molecule has 7 heteroatoms. The third kappa shape index (κ3) is 3.51. The first-order valence-electron chi connectivity index (χ1n) is 3.99. The van der Waals surface area contributed by atoms with Crippen molar-refractivity contribution in [2.75, 3.05) is 0 Å². The standard InChI is InChI=1S/C4H5N3O2.C4H4N2/c1-7-3(4(8)9)5-2-6-7;1-2-5-4-6-3-1/h2H,1H3,(H,8,9);1-4H. The molecule has 0 aliphatic carbocycles. The smallest absolute Gasteiger partial charge is 0.373 e. The molecule has 78 valence electrons. The van der Waals surface area contributed by atoms with Crippen LogP contribution < -0.4 is 0 Å². The monoisotopic (exact) mass is 207 g/mol. The van der Waals surface area contributed by atoms with Gasteiger partial charge in [-0.3, -0.25) is 0 Å². The lowest BCUT2D eigenvalue weighted by Crippen LogP contribution is -2.06. The number of hydrogen-bond acceptors (Lipinski definition) is 5. The van der Waals surface area contributed by atoms with E-state index in [0.717, 1.165) is 0 Å². The fraction of sp³-hybridized carbons (Fsp3) is 0.125. The molecule has 0 amide bonds. The lowest BCUT2D eigenvalue weighted by molar-refractivity contribution is 0.0678. The van der Waals surface area contributed by atoms with E-state index >= 15 is 0 Å². The molecule has 0 spiro atoms. The van der Waals surface area contributed by atoms with Gasteiger partial charge in [-0.1, -0.05) is 0 Å². The third-order valence-corrected chi connectivity index (χ3v) is 1.38. The molecule has 0 aliphatic rings. The van der Waals surface area contributed by atoms with Crippen molar-refractivity contribution in [2.24, 2.45) is 7.05 Å². The number of rotatable bonds is 1. The van der Waals surface area contributed by atoms with Crippen LogP contribution in [0.15, 0.2) is 31.1 Å². The summed E-state index contributed by atoms with van der Waals surface area (Å²) >= 11 is 0. The highest BCUT2D eigenvalue weighted by Gasteiger charge is 2.07. The Kier molecular flexibility index (Phi) is 3.90. The number of hydrogen-bond donors (Lipinski definition) is 1. The summed E-state index contributed by atoms with van der Waals surface area (Å²) in [6.45, 7) is 0. The van der Waals surface area contributed by atoms with Crippen molar-refractivity contribution >= 4 is 5.97 Å². The molecule has 0 unspecified atom stereocenters. The highest BCUT2D eigenvalue weighted by atomic mass is 16.4. The maximum absolute atomic E-state index is 10.2. The zero-order valence-electron chi connectivity index (χ0n) is 7.98. The highest BCUT2D eigenvalue weighted by Crippen LogP contribution is 1.87. The summed E-state index contributed by atoms with van der Waals surface area (Å²) in [5.41, 5.74) is 0. The van der Waals surface area contributed by atoms with Gasteiger partial charge in [0.05, 0.1) is 0 Å². The van der Waals surface area contributed by atoms with Gasteiger partial charge in [-0.05, 0) is 6.07 Å². The zero-order valence-corrected chi connectivity index (χ0v) is 7.98. The first-order valence-corrected chi connectivity index (χ1v) is 3.99. The van der Waals surface area contributed by atoms with Gasteiger partial charge in [0.1, 0.15) is 12.7 Å². The van der Waals surface area contributed by atoms with Gasteiger partial charge in [0.15, 0.2) is 0 Å². The van der Waals surface area contributed by atoms with E-state index in [9.17, 15) is 4.79 Å². The Morgan fingerprint density at radius 2 is 2.00 bits per heavy atom. The second kappa shape index (κ2) is 5.43. The van der Waals surface area contributed by atoms with Crippen molar-refractivity contribution < 1.29 is 9.90 Å². The molecule has 15 heavy (non-hydrogen) atoms. The van der Waals surface area contributed by atoms with Crippen LogP contribution in [0.2, 0.25) is 0 Å². The third-order valence-electron chi connectivity index (χ3n) is 1.38. The van der Waals surface area contributed by atoms with E-state index in [2.05, 4.69) is 20.1 Å². The first-order chi connectivity index (χ1) is 7.22. The van der Waals surface area contributed by atoms with E-state index in [-0.39, 0.29) is 5.82 Å². The Morgan fingerprint density at radius 1 is 1.33 bits per heavy atom. The van der Waals surface area contributed by atoms with Crippen LogP contribution in [-0.2, 0) is 7.05 Å². The van der Waals surface area contributed by atoms with Crippen LogP contribution >= 0.6 is 0 Å². The number of nitrogens with zero attached hydrogens (tertiary/aromatic N) is 5. The lowest BCUT2D eigenvalue weighted by atomic mass is 10.6. The minimum atomic E-state index is -1.06. The number of aromatic carboxylic acids is 1. The van der Waals surface area contributed by atoms with Crippen molar-refractivity contribution in [3.63, 3.8) is 0 Å². The highest BCUT2D eigenvalue weighted by molar-refractivity contribution is 5.83. The van der Waals surface area contributed by atoms with Crippen molar-refractivity contribution in [1.29, 1.82) is 0 Å². The molecule has 0 saturated heterocycles. The Balaban J connectivity index is 0.000000162. The second-order valence-corrected chi connectivity index (χ2v) is 2.42. The molecule has 0 bridgehead atoms. The molecule has 7 nitrogen and oxygen atoms in total. The largest absolute Gasteiger partial charge is 0.475 e. The predicted molar refractivity (Wildman–Crippen MR) is 50.0 cm³/mol. The summed E-state index contributed by atoms with van der Waals surface area (Å²) in [6.07, 6.45) is 6.07. The van der Waals surface area contributed by atoms with Gasteiger partial charge >= 0.3 is 5.97 Å². The fourth-order valence-corrected chi connectivity index (χ4v) is 0.743. The second-order valence-electron chi connectivity index (χ2n) is 2.42. The number of carboxylic acid groups (broad SMARTS) is 1. The SMILES string of the molecule is Cn1ncnc1C(=O)O.c1cncnc1. The van der Waals surface area contributed by atoms with Crippen LogP contribution in [-0.4, -0.2) is 35.8 Å².